The molecular formula is C22H21F2N5O2. The minimum absolute atomic E-state index is 0.0206. The molecular weight excluding hydrogens is 404 g/mol. The number of hydrogen-bond donors (Lipinski definition) is 0. The number of aromatic nitrogens is 4. The van der Waals surface area contributed by atoms with Crippen LogP contribution in [-0.2, 0) is 0 Å². The van der Waals surface area contributed by atoms with Crippen molar-refractivity contribution in [2.45, 2.75) is 44.9 Å². The molecule has 1 aliphatic heterocycles. The van der Waals surface area contributed by atoms with Crippen molar-refractivity contribution in [1.82, 2.24) is 24.9 Å². The average molecular weight is 425 g/mol. The predicted molar refractivity (Wildman–Crippen MR) is 107 cm³/mol. The van der Waals surface area contributed by atoms with E-state index in [2.05, 4.69) is 15.2 Å². The number of para-hydroxylation sites is 1. The molecule has 2 aromatic heterocycles. The van der Waals surface area contributed by atoms with E-state index in [0.717, 1.165) is 17.6 Å². The van der Waals surface area contributed by atoms with Gasteiger partial charge >= 0.3 is 0 Å². The van der Waals surface area contributed by atoms with Gasteiger partial charge < -0.3 is 9.64 Å². The number of fused-ring (bicyclic) bond motifs is 2. The van der Waals surface area contributed by atoms with Crippen molar-refractivity contribution in [3.8, 4) is 11.6 Å². The van der Waals surface area contributed by atoms with Gasteiger partial charge in [0.05, 0.1) is 24.0 Å². The fraction of sp³-hybridized carbons (Fsp3) is 0.364. The molecule has 1 saturated carbocycles. The summed E-state index contributed by atoms with van der Waals surface area (Å²) in [5.41, 5.74) is 0.651. The number of rotatable bonds is 4. The third-order valence-corrected chi connectivity index (χ3v) is 6.34. The average Bonchev–Trinajstić information content (AvgIpc) is 3.47. The van der Waals surface area contributed by atoms with Gasteiger partial charge in [0, 0.05) is 17.7 Å². The van der Waals surface area contributed by atoms with Crippen LogP contribution in [0, 0.1) is 24.6 Å². The Balaban J connectivity index is 1.45. The summed E-state index contributed by atoms with van der Waals surface area (Å²) in [4.78, 5) is 20.3. The van der Waals surface area contributed by atoms with E-state index < -0.39 is 11.8 Å². The van der Waals surface area contributed by atoms with Crippen molar-refractivity contribution in [3.63, 3.8) is 0 Å². The number of nitrogens with zero attached hydrogens (tertiary/aromatic N) is 5. The summed E-state index contributed by atoms with van der Waals surface area (Å²) in [6, 6.07) is 7.37. The molecule has 0 N–H and O–H groups in total. The van der Waals surface area contributed by atoms with Crippen LogP contribution in [0.2, 0.25) is 0 Å². The molecule has 1 aliphatic carbocycles. The van der Waals surface area contributed by atoms with Gasteiger partial charge in [-0.3, -0.25) is 4.79 Å². The largest absolute Gasteiger partial charge is 0.472 e. The van der Waals surface area contributed by atoms with E-state index in [0.29, 0.717) is 5.56 Å². The molecule has 7 nitrogen and oxygen atoms in total. The Morgan fingerprint density at radius 3 is 2.61 bits per heavy atom. The topological polar surface area (TPSA) is 73.1 Å². The molecule has 3 heterocycles. The summed E-state index contributed by atoms with van der Waals surface area (Å²) in [7, 11) is 0. The molecule has 5 rings (SSSR count). The van der Waals surface area contributed by atoms with Crippen LogP contribution in [-0.4, -0.2) is 49.0 Å². The van der Waals surface area contributed by atoms with Crippen molar-refractivity contribution in [3.05, 3.63) is 65.6 Å². The molecule has 4 atom stereocenters. The minimum Gasteiger partial charge on any atom is -0.472 e. The first-order valence-electron chi connectivity index (χ1n) is 10.2. The Morgan fingerprint density at radius 2 is 1.90 bits per heavy atom. The molecule has 0 spiro atoms. The number of ether oxygens (including phenoxy) is 1. The van der Waals surface area contributed by atoms with Gasteiger partial charge in [-0.1, -0.05) is 6.07 Å². The normalized spacial score (nSPS) is 24.6. The van der Waals surface area contributed by atoms with Crippen LogP contribution in [0.15, 0.2) is 42.7 Å². The summed E-state index contributed by atoms with van der Waals surface area (Å²) in [6.45, 7) is 3.63. The molecule has 0 radical (unpaired) electrons. The second kappa shape index (κ2) is 7.40. The molecule has 2 aliphatic rings. The van der Waals surface area contributed by atoms with Crippen LogP contribution in [0.3, 0.4) is 0 Å². The third-order valence-electron chi connectivity index (χ3n) is 6.34. The van der Waals surface area contributed by atoms with Crippen molar-refractivity contribution in [2.75, 3.05) is 0 Å². The predicted octanol–water partition coefficient (Wildman–Crippen LogP) is 3.32. The van der Waals surface area contributed by atoms with Crippen molar-refractivity contribution < 1.29 is 18.3 Å². The number of benzene rings is 1. The van der Waals surface area contributed by atoms with Gasteiger partial charge in [0.15, 0.2) is 5.82 Å². The van der Waals surface area contributed by atoms with Crippen molar-refractivity contribution >= 4 is 5.91 Å². The van der Waals surface area contributed by atoms with Gasteiger partial charge in [0.2, 0.25) is 11.8 Å². The summed E-state index contributed by atoms with van der Waals surface area (Å²) in [6.07, 6.45) is 4.08. The SMILES string of the molecule is Cc1ccc(OC2CC3CC2N(C(=O)c2cccc(F)c2-n2nccn2)C3C)nc1F. The summed E-state index contributed by atoms with van der Waals surface area (Å²) in [5, 5.41) is 7.99. The molecule has 9 heteroatoms. The number of carbonyl (C=O) groups excluding carboxylic acids is 1. The highest BCUT2D eigenvalue weighted by Crippen LogP contribution is 2.44. The minimum atomic E-state index is -0.578. The molecule has 2 bridgehead atoms. The number of hydrogen-bond acceptors (Lipinski definition) is 5. The summed E-state index contributed by atoms with van der Waals surface area (Å²) >= 11 is 0. The molecule has 2 fully saturated rings. The van der Waals surface area contributed by atoms with Crippen LogP contribution < -0.4 is 4.74 Å². The van der Waals surface area contributed by atoms with E-state index in [4.69, 9.17) is 4.74 Å². The number of halogens is 2. The van der Waals surface area contributed by atoms with E-state index in [1.165, 1.54) is 24.5 Å². The fourth-order valence-corrected chi connectivity index (χ4v) is 4.76. The highest BCUT2D eigenvalue weighted by Gasteiger charge is 2.53. The highest BCUT2D eigenvalue weighted by atomic mass is 19.1. The first-order valence-corrected chi connectivity index (χ1v) is 10.2. The molecule has 1 aromatic carbocycles. The van der Waals surface area contributed by atoms with E-state index in [1.54, 1.807) is 30.0 Å². The maximum atomic E-state index is 14.6. The van der Waals surface area contributed by atoms with Gasteiger partial charge in [-0.05, 0) is 50.8 Å². The lowest BCUT2D eigenvalue weighted by molar-refractivity contribution is 0.0311. The van der Waals surface area contributed by atoms with Gasteiger partial charge in [0.25, 0.3) is 5.91 Å². The second-order valence-corrected chi connectivity index (χ2v) is 8.12. The zero-order valence-electron chi connectivity index (χ0n) is 17.1. The molecule has 4 unspecified atom stereocenters. The summed E-state index contributed by atoms with van der Waals surface area (Å²) < 4.78 is 34.5. The van der Waals surface area contributed by atoms with E-state index in [1.807, 2.05) is 6.92 Å². The zero-order valence-corrected chi connectivity index (χ0v) is 17.1. The number of piperidine rings is 1. The number of aryl methyl sites for hydroxylation is 1. The van der Waals surface area contributed by atoms with E-state index in [9.17, 15) is 13.6 Å². The van der Waals surface area contributed by atoms with Gasteiger partial charge in [-0.15, -0.1) is 4.80 Å². The van der Waals surface area contributed by atoms with Crippen LogP contribution in [0.1, 0.15) is 35.7 Å². The smallest absolute Gasteiger partial charge is 0.256 e. The monoisotopic (exact) mass is 425 g/mol. The Kier molecular flexibility index (Phi) is 4.68. The summed E-state index contributed by atoms with van der Waals surface area (Å²) in [5.74, 6) is -1.01. The number of likely N-dealkylation sites (tertiary alicyclic amines) is 1. The number of amides is 1. The first kappa shape index (κ1) is 19.6. The van der Waals surface area contributed by atoms with E-state index >= 15 is 0 Å². The molecule has 1 amide bonds. The van der Waals surface area contributed by atoms with Crippen molar-refractivity contribution in [1.29, 1.82) is 0 Å². The Hall–Kier alpha value is -3.36. The standard InChI is InChI=1S/C22H21F2N5O2/c1-12-6-7-19(27-21(12)24)31-18-11-14-10-17(18)28(13(14)2)22(30)15-4-3-5-16(23)20(15)29-25-8-9-26-29/h3-9,13-14,17-18H,10-11H2,1-2H3. The Labute approximate surface area is 177 Å². The lowest BCUT2D eigenvalue weighted by Crippen LogP contribution is -2.51. The quantitative estimate of drug-likeness (QED) is 0.600. The molecule has 160 valence electrons. The van der Waals surface area contributed by atoms with Crippen molar-refractivity contribution in [2.24, 2.45) is 5.92 Å². The van der Waals surface area contributed by atoms with E-state index in [-0.39, 0.29) is 47.1 Å². The maximum Gasteiger partial charge on any atom is 0.256 e. The molecule has 31 heavy (non-hydrogen) atoms. The zero-order chi connectivity index (χ0) is 21.7. The van der Waals surface area contributed by atoms with Crippen LogP contribution in [0.25, 0.3) is 5.69 Å². The third kappa shape index (κ3) is 3.24. The fourth-order valence-electron chi connectivity index (χ4n) is 4.76. The van der Waals surface area contributed by atoms with Crippen LogP contribution in [0.5, 0.6) is 5.88 Å². The lowest BCUT2D eigenvalue weighted by atomic mass is 9.98. The van der Waals surface area contributed by atoms with Crippen LogP contribution >= 0.6 is 0 Å². The Morgan fingerprint density at radius 1 is 1.13 bits per heavy atom. The van der Waals surface area contributed by atoms with Crippen LogP contribution in [0.4, 0.5) is 8.78 Å². The first-order chi connectivity index (χ1) is 14.9. The maximum absolute atomic E-state index is 14.6. The molecule has 1 saturated heterocycles. The van der Waals surface area contributed by atoms with Gasteiger partial charge in [-0.25, -0.2) is 4.39 Å². The number of pyridine rings is 1. The second-order valence-electron chi connectivity index (χ2n) is 8.12. The lowest BCUT2D eigenvalue weighted by Gasteiger charge is -2.38. The Bertz CT molecular complexity index is 1140. The van der Waals surface area contributed by atoms with Gasteiger partial charge in [0.1, 0.15) is 11.8 Å². The highest BCUT2D eigenvalue weighted by molar-refractivity contribution is 5.98. The number of carbonyl (C=O) groups is 1. The molecule has 3 aromatic rings. The van der Waals surface area contributed by atoms with Gasteiger partial charge in [-0.2, -0.15) is 19.6 Å².